The highest BCUT2D eigenvalue weighted by atomic mass is 32.2. The third-order valence-electron chi connectivity index (χ3n) is 5.53. The molecule has 4 aromatic rings. The van der Waals surface area contributed by atoms with Crippen LogP contribution in [0.15, 0.2) is 82.5 Å². The van der Waals surface area contributed by atoms with Gasteiger partial charge in [-0.25, -0.2) is 13.2 Å². The molecule has 9 nitrogen and oxygen atoms in total. The number of anilines is 2. The SMILES string of the molecule is COc1ccc(S(=O)(=O)N(CC(=O)Nc2ccc3c(c2)n(C)c(=O)n3C)c2ccccc2)cc1. The average Bonchev–Trinajstić information content (AvgIpc) is 3.06. The number of imidazole rings is 1. The zero-order valence-electron chi connectivity index (χ0n) is 18.9. The van der Waals surface area contributed by atoms with Crippen molar-refractivity contribution in [1.29, 1.82) is 0 Å². The first-order valence-corrected chi connectivity index (χ1v) is 11.8. The second-order valence-corrected chi connectivity index (χ2v) is 9.54. The number of sulfonamides is 1. The standard InChI is InChI=1S/C24H24N4O5S/c1-26-21-14-9-17(15-22(21)27(2)24(26)30)25-23(29)16-28(18-7-5-4-6-8-18)34(31,32)20-12-10-19(33-3)11-13-20/h4-15H,16H2,1-3H3,(H,25,29). The van der Waals surface area contributed by atoms with Crippen LogP contribution in [0.4, 0.5) is 11.4 Å². The second kappa shape index (κ2) is 9.06. The van der Waals surface area contributed by atoms with E-state index in [1.807, 2.05) is 0 Å². The van der Waals surface area contributed by atoms with Crippen LogP contribution in [0.3, 0.4) is 0 Å². The molecule has 3 aromatic carbocycles. The monoisotopic (exact) mass is 480 g/mol. The van der Waals surface area contributed by atoms with Crippen LogP contribution >= 0.6 is 0 Å². The molecule has 10 heteroatoms. The molecule has 0 radical (unpaired) electrons. The Hall–Kier alpha value is -4.05. The van der Waals surface area contributed by atoms with Crippen LogP contribution in [0.1, 0.15) is 0 Å². The van der Waals surface area contributed by atoms with Gasteiger partial charge in [-0.05, 0) is 54.6 Å². The molecule has 1 heterocycles. The summed E-state index contributed by atoms with van der Waals surface area (Å²) < 4.78 is 36.1. The molecule has 0 atom stereocenters. The van der Waals surface area contributed by atoms with E-state index < -0.39 is 22.5 Å². The van der Waals surface area contributed by atoms with Gasteiger partial charge in [-0.1, -0.05) is 18.2 Å². The molecule has 1 amide bonds. The highest BCUT2D eigenvalue weighted by Crippen LogP contribution is 2.25. The number of nitrogens with zero attached hydrogens (tertiary/aromatic N) is 3. The number of aromatic nitrogens is 2. The van der Waals surface area contributed by atoms with Crippen LogP contribution in [-0.2, 0) is 28.9 Å². The molecule has 1 N–H and O–H groups in total. The molecule has 1 aromatic heterocycles. The van der Waals surface area contributed by atoms with E-state index >= 15 is 0 Å². The number of amides is 1. The number of nitrogens with one attached hydrogen (secondary N) is 1. The summed E-state index contributed by atoms with van der Waals surface area (Å²) in [5.41, 5.74) is 2.00. The lowest BCUT2D eigenvalue weighted by Gasteiger charge is -2.24. The van der Waals surface area contributed by atoms with Crippen molar-refractivity contribution >= 4 is 38.3 Å². The van der Waals surface area contributed by atoms with Gasteiger partial charge in [-0.3, -0.25) is 18.2 Å². The zero-order valence-corrected chi connectivity index (χ0v) is 19.7. The molecule has 0 spiro atoms. The molecule has 0 aliphatic carbocycles. The van der Waals surface area contributed by atoms with Gasteiger partial charge in [0.05, 0.1) is 28.7 Å². The van der Waals surface area contributed by atoms with Gasteiger partial charge in [0.2, 0.25) is 5.91 Å². The second-order valence-electron chi connectivity index (χ2n) is 7.68. The van der Waals surface area contributed by atoms with Crippen LogP contribution < -0.4 is 20.0 Å². The van der Waals surface area contributed by atoms with Crippen molar-refractivity contribution in [3.63, 3.8) is 0 Å². The summed E-state index contributed by atoms with van der Waals surface area (Å²) >= 11 is 0. The minimum absolute atomic E-state index is 0.0330. The molecule has 0 aliphatic rings. The van der Waals surface area contributed by atoms with Crippen molar-refractivity contribution in [2.75, 3.05) is 23.3 Å². The average molecular weight is 481 g/mol. The van der Waals surface area contributed by atoms with E-state index in [0.29, 0.717) is 22.6 Å². The number of aryl methyl sites for hydroxylation is 2. The largest absolute Gasteiger partial charge is 0.497 e. The van der Waals surface area contributed by atoms with Crippen molar-refractivity contribution in [3.8, 4) is 5.75 Å². The molecular weight excluding hydrogens is 456 g/mol. The van der Waals surface area contributed by atoms with Crippen molar-refractivity contribution in [3.05, 3.63) is 83.3 Å². The summed E-state index contributed by atoms with van der Waals surface area (Å²) in [5, 5.41) is 2.74. The first-order chi connectivity index (χ1) is 16.2. The van der Waals surface area contributed by atoms with E-state index in [1.165, 1.54) is 28.4 Å². The number of methoxy groups -OCH3 is 1. The number of carbonyl (C=O) groups excluding carboxylic acids is 1. The molecule has 0 saturated heterocycles. The molecule has 0 fully saturated rings. The Morgan fingerprint density at radius 3 is 2.24 bits per heavy atom. The number of hydrogen-bond donors (Lipinski definition) is 1. The molecule has 0 saturated carbocycles. The maximum atomic E-state index is 13.4. The lowest BCUT2D eigenvalue weighted by molar-refractivity contribution is -0.114. The van der Waals surface area contributed by atoms with Crippen molar-refractivity contribution in [2.24, 2.45) is 14.1 Å². The zero-order chi connectivity index (χ0) is 24.5. The first-order valence-electron chi connectivity index (χ1n) is 10.4. The van der Waals surface area contributed by atoms with Gasteiger partial charge < -0.3 is 10.1 Å². The Balaban J connectivity index is 1.64. The van der Waals surface area contributed by atoms with E-state index in [2.05, 4.69) is 5.32 Å². The number of benzene rings is 3. The maximum absolute atomic E-state index is 13.4. The predicted molar refractivity (Wildman–Crippen MR) is 131 cm³/mol. The van der Waals surface area contributed by atoms with Gasteiger partial charge in [0.15, 0.2) is 0 Å². The molecule has 0 bridgehead atoms. The molecule has 4 rings (SSSR count). The van der Waals surface area contributed by atoms with Crippen LogP contribution in [0, 0.1) is 0 Å². The Labute approximate surface area is 196 Å². The van der Waals surface area contributed by atoms with Gasteiger partial charge in [0.1, 0.15) is 12.3 Å². The minimum atomic E-state index is -4.04. The van der Waals surface area contributed by atoms with Crippen molar-refractivity contribution < 1.29 is 17.9 Å². The highest BCUT2D eigenvalue weighted by molar-refractivity contribution is 7.92. The third kappa shape index (κ3) is 4.27. The van der Waals surface area contributed by atoms with Crippen LogP contribution in [0.25, 0.3) is 11.0 Å². The quantitative estimate of drug-likeness (QED) is 0.438. The number of fused-ring (bicyclic) bond motifs is 1. The lowest BCUT2D eigenvalue weighted by atomic mass is 10.2. The Morgan fingerprint density at radius 1 is 0.941 bits per heavy atom. The summed E-state index contributed by atoms with van der Waals surface area (Å²) in [7, 11) is 0.772. The third-order valence-corrected chi connectivity index (χ3v) is 7.32. The van der Waals surface area contributed by atoms with E-state index in [0.717, 1.165) is 9.82 Å². The summed E-state index contributed by atoms with van der Waals surface area (Å²) in [5.74, 6) is -0.00474. The molecule has 34 heavy (non-hydrogen) atoms. The Kier molecular flexibility index (Phi) is 6.16. The van der Waals surface area contributed by atoms with E-state index in [1.54, 1.807) is 74.8 Å². The number of carbonyl (C=O) groups is 1. The maximum Gasteiger partial charge on any atom is 0.328 e. The van der Waals surface area contributed by atoms with Gasteiger partial charge in [0, 0.05) is 19.8 Å². The van der Waals surface area contributed by atoms with E-state index in [-0.39, 0.29) is 10.6 Å². The normalized spacial score (nSPS) is 11.4. The van der Waals surface area contributed by atoms with Gasteiger partial charge in [-0.2, -0.15) is 0 Å². The number of ether oxygens (including phenoxy) is 1. The molecule has 0 unspecified atom stereocenters. The fourth-order valence-corrected chi connectivity index (χ4v) is 5.12. The molecule has 176 valence electrons. The Bertz CT molecular complexity index is 1510. The van der Waals surface area contributed by atoms with Gasteiger partial charge in [-0.15, -0.1) is 0 Å². The first kappa shape index (κ1) is 23.1. The summed E-state index contributed by atoms with van der Waals surface area (Å²) in [6.07, 6.45) is 0. The van der Waals surface area contributed by atoms with Crippen molar-refractivity contribution in [1.82, 2.24) is 9.13 Å². The number of para-hydroxylation sites is 1. The fourth-order valence-electron chi connectivity index (χ4n) is 3.70. The van der Waals surface area contributed by atoms with Gasteiger partial charge >= 0.3 is 5.69 Å². The smallest absolute Gasteiger partial charge is 0.328 e. The topological polar surface area (TPSA) is 103 Å². The minimum Gasteiger partial charge on any atom is -0.497 e. The number of rotatable bonds is 7. The summed E-state index contributed by atoms with van der Waals surface area (Å²) in [6, 6.07) is 19.5. The fraction of sp³-hybridized carbons (Fsp3) is 0.167. The lowest BCUT2D eigenvalue weighted by Crippen LogP contribution is -2.38. The van der Waals surface area contributed by atoms with Crippen LogP contribution in [0.5, 0.6) is 5.75 Å². The summed E-state index contributed by atoms with van der Waals surface area (Å²) in [6.45, 7) is -0.440. The summed E-state index contributed by atoms with van der Waals surface area (Å²) in [4.78, 5) is 25.2. The highest BCUT2D eigenvalue weighted by Gasteiger charge is 2.27. The van der Waals surface area contributed by atoms with Crippen LogP contribution in [-0.4, -0.2) is 37.1 Å². The Morgan fingerprint density at radius 2 is 1.59 bits per heavy atom. The number of hydrogen-bond acceptors (Lipinski definition) is 5. The molecular formula is C24H24N4O5S. The van der Waals surface area contributed by atoms with Crippen molar-refractivity contribution in [2.45, 2.75) is 4.90 Å². The van der Waals surface area contributed by atoms with Gasteiger partial charge in [0.25, 0.3) is 10.0 Å². The predicted octanol–water partition coefficient (Wildman–Crippen LogP) is 2.72. The molecule has 0 aliphatic heterocycles. The van der Waals surface area contributed by atoms with E-state index in [4.69, 9.17) is 4.74 Å². The van der Waals surface area contributed by atoms with E-state index in [9.17, 15) is 18.0 Å². The van der Waals surface area contributed by atoms with Crippen LogP contribution in [0.2, 0.25) is 0 Å².